The molecule has 0 aliphatic heterocycles. The van der Waals surface area contributed by atoms with Gasteiger partial charge < -0.3 is 14.8 Å². The molecule has 9 nitrogen and oxygen atoms in total. The number of hydrogen-bond donors (Lipinski definition) is 1. The zero-order chi connectivity index (χ0) is 21.7. The highest BCUT2D eigenvalue weighted by Gasteiger charge is 2.15. The zero-order valence-electron chi connectivity index (χ0n) is 17.1. The molecule has 0 radical (unpaired) electrons. The van der Waals surface area contributed by atoms with Crippen LogP contribution in [0.3, 0.4) is 0 Å². The first-order valence-corrected chi connectivity index (χ1v) is 10.4. The predicted octanol–water partition coefficient (Wildman–Crippen LogP) is 2.40. The summed E-state index contributed by atoms with van der Waals surface area (Å²) in [4.78, 5) is 29.2. The number of amides is 1. The Balaban J connectivity index is 1.65. The normalized spacial score (nSPS) is 10.9. The van der Waals surface area contributed by atoms with Crippen molar-refractivity contribution in [3.8, 4) is 11.5 Å². The highest BCUT2D eigenvalue weighted by atomic mass is 79.9. The van der Waals surface area contributed by atoms with Gasteiger partial charge in [0.05, 0.1) is 13.7 Å². The van der Waals surface area contributed by atoms with Crippen LogP contribution in [0.25, 0.3) is 11.0 Å². The molecule has 2 heterocycles. The number of methoxy groups -OCH3 is 1. The first-order chi connectivity index (χ1) is 14.4. The average Bonchev–Trinajstić information content (AvgIpc) is 3.03. The fourth-order valence-electron chi connectivity index (χ4n) is 2.93. The second kappa shape index (κ2) is 9.75. The lowest BCUT2D eigenvalue weighted by Gasteiger charge is -2.12. The first kappa shape index (κ1) is 21.8. The molecule has 0 spiro atoms. The molecular weight excluding hydrogens is 454 g/mol. The van der Waals surface area contributed by atoms with E-state index in [1.807, 2.05) is 18.2 Å². The number of carbonyl (C=O) groups excluding carboxylic acids is 1. The molecule has 3 aromatic rings. The van der Waals surface area contributed by atoms with Gasteiger partial charge in [-0.1, -0.05) is 19.4 Å². The summed E-state index contributed by atoms with van der Waals surface area (Å²) in [7, 11) is 3.28. The third kappa shape index (κ3) is 4.81. The number of rotatable bonds is 9. The van der Waals surface area contributed by atoms with E-state index in [1.54, 1.807) is 14.2 Å². The topological polar surface area (TPSA) is 100 Å². The molecule has 10 heteroatoms. The number of nitrogens with zero attached hydrogens (tertiary/aromatic N) is 4. The highest BCUT2D eigenvalue weighted by Crippen LogP contribution is 2.28. The molecule has 160 valence electrons. The van der Waals surface area contributed by atoms with E-state index in [-0.39, 0.29) is 18.0 Å². The maximum atomic E-state index is 12.6. The first-order valence-electron chi connectivity index (χ1n) is 9.58. The minimum atomic E-state index is -0.328. The van der Waals surface area contributed by atoms with Gasteiger partial charge in [0.1, 0.15) is 22.9 Å². The van der Waals surface area contributed by atoms with Crippen molar-refractivity contribution in [2.45, 2.75) is 32.9 Å². The molecule has 30 heavy (non-hydrogen) atoms. The monoisotopic (exact) mass is 477 g/mol. The summed E-state index contributed by atoms with van der Waals surface area (Å²) in [5.41, 5.74) is 0.987. The lowest BCUT2D eigenvalue weighted by molar-refractivity contribution is -0.121. The minimum absolute atomic E-state index is 0.140. The van der Waals surface area contributed by atoms with Crippen molar-refractivity contribution in [1.29, 1.82) is 0 Å². The van der Waals surface area contributed by atoms with Gasteiger partial charge in [-0.3, -0.25) is 14.2 Å². The SMILES string of the molecule is CCCCOc1ccc(CNC(=O)Cn2cnc3c(c(Br)nn3C)c2=O)cc1OC. The van der Waals surface area contributed by atoms with Gasteiger partial charge in [-0.2, -0.15) is 5.10 Å². The number of carbonyl (C=O) groups is 1. The fraction of sp³-hybridized carbons (Fsp3) is 0.400. The zero-order valence-corrected chi connectivity index (χ0v) is 18.7. The van der Waals surface area contributed by atoms with Crippen LogP contribution in [0.4, 0.5) is 0 Å². The molecule has 0 aliphatic carbocycles. The molecule has 0 atom stereocenters. The quantitative estimate of drug-likeness (QED) is 0.474. The Labute approximate surface area is 182 Å². The van der Waals surface area contributed by atoms with Crippen molar-refractivity contribution < 1.29 is 14.3 Å². The van der Waals surface area contributed by atoms with E-state index in [1.165, 1.54) is 15.6 Å². The Hall–Kier alpha value is -2.88. The van der Waals surface area contributed by atoms with Crippen molar-refractivity contribution in [3.63, 3.8) is 0 Å². The molecular formula is C20H24BrN5O4. The van der Waals surface area contributed by atoms with E-state index < -0.39 is 0 Å². The standard InChI is InChI=1S/C20H24BrN5O4/c1-4-5-8-30-14-7-6-13(9-15(14)29-3)10-22-16(27)11-26-12-23-19-17(20(26)28)18(21)24-25(19)2/h6-7,9,12H,4-5,8,10-11H2,1-3H3,(H,22,27). The van der Waals surface area contributed by atoms with Crippen LogP contribution >= 0.6 is 15.9 Å². The summed E-state index contributed by atoms with van der Waals surface area (Å²) in [5, 5.41) is 7.28. The van der Waals surface area contributed by atoms with E-state index in [4.69, 9.17) is 9.47 Å². The third-order valence-corrected chi connectivity index (χ3v) is 5.11. The predicted molar refractivity (Wildman–Crippen MR) is 116 cm³/mol. The van der Waals surface area contributed by atoms with Crippen LogP contribution in [0.5, 0.6) is 11.5 Å². The van der Waals surface area contributed by atoms with E-state index in [0.29, 0.717) is 40.3 Å². The van der Waals surface area contributed by atoms with Crippen molar-refractivity contribution >= 4 is 32.9 Å². The summed E-state index contributed by atoms with van der Waals surface area (Å²) in [6.45, 7) is 2.89. The Morgan fingerprint density at radius 2 is 2.10 bits per heavy atom. The molecule has 0 bridgehead atoms. The average molecular weight is 478 g/mol. The largest absolute Gasteiger partial charge is 0.493 e. The van der Waals surface area contributed by atoms with E-state index in [2.05, 4.69) is 38.3 Å². The van der Waals surface area contributed by atoms with Crippen molar-refractivity contribution in [1.82, 2.24) is 24.6 Å². The number of ether oxygens (including phenoxy) is 2. The molecule has 1 aromatic carbocycles. The lowest BCUT2D eigenvalue weighted by Crippen LogP contribution is -2.32. The van der Waals surface area contributed by atoms with Crippen LogP contribution in [0, 0.1) is 0 Å². The van der Waals surface area contributed by atoms with Gasteiger partial charge in [0.15, 0.2) is 17.1 Å². The lowest BCUT2D eigenvalue weighted by atomic mass is 10.2. The number of aryl methyl sites for hydroxylation is 1. The number of benzene rings is 1. The number of unbranched alkanes of at least 4 members (excludes halogenated alkanes) is 1. The molecule has 2 aromatic heterocycles. The van der Waals surface area contributed by atoms with Crippen LogP contribution in [0.2, 0.25) is 0 Å². The van der Waals surface area contributed by atoms with Gasteiger partial charge in [0, 0.05) is 13.6 Å². The molecule has 3 rings (SSSR count). The van der Waals surface area contributed by atoms with Crippen molar-refractivity contribution in [2.75, 3.05) is 13.7 Å². The van der Waals surface area contributed by atoms with Crippen molar-refractivity contribution in [3.05, 3.63) is 45.0 Å². The van der Waals surface area contributed by atoms with Gasteiger partial charge in [-0.05, 0) is 40.0 Å². The fourth-order valence-corrected chi connectivity index (χ4v) is 3.51. The van der Waals surface area contributed by atoms with Crippen LogP contribution in [-0.4, -0.2) is 39.0 Å². The Bertz CT molecular complexity index is 1110. The summed E-state index contributed by atoms with van der Waals surface area (Å²) < 4.78 is 14.3. The van der Waals surface area contributed by atoms with Crippen LogP contribution < -0.4 is 20.3 Å². The molecule has 1 N–H and O–H groups in total. The van der Waals surface area contributed by atoms with Crippen LogP contribution in [0.15, 0.2) is 33.9 Å². The van der Waals surface area contributed by atoms with Crippen LogP contribution in [-0.2, 0) is 24.9 Å². The number of fused-ring (bicyclic) bond motifs is 1. The number of halogens is 1. The van der Waals surface area contributed by atoms with Gasteiger partial charge in [-0.25, -0.2) is 9.67 Å². The van der Waals surface area contributed by atoms with E-state index in [0.717, 1.165) is 18.4 Å². The summed E-state index contributed by atoms with van der Waals surface area (Å²) in [5.74, 6) is 0.986. The van der Waals surface area contributed by atoms with Gasteiger partial charge >= 0.3 is 0 Å². The second-order valence-corrected chi connectivity index (χ2v) is 7.51. The maximum Gasteiger partial charge on any atom is 0.266 e. The minimum Gasteiger partial charge on any atom is -0.493 e. The maximum absolute atomic E-state index is 12.6. The molecule has 1 amide bonds. The van der Waals surface area contributed by atoms with Gasteiger partial charge in [0.25, 0.3) is 5.56 Å². The molecule has 0 fully saturated rings. The molecule has 0 saturated carbocycles. The molecule has 0 saturated heterocycles. The number of aromatic nitrogens is 4. The summed E-state index contributed by atoms with van der Waals surface area (Å²) >= 11 is 3.26. The molecule has 0 unspecified atom stereocenters. The van der Waals surface area contributed by atoms with E-state index in [9.17, 15) is 9.59 Å². The summed E-state index contributed by atoms with van der Waals surface area (Å²) in [6, 6.07) is 5.53. The highest BCUT2D eigenvalue weighted by molar-refractivity contribution is 9.10. The van der Waals surface area contributed by atoms with Crippen LogP contribution in [0.1, 0.15) is 25.3 Å². The number of nitrogens with one attached hydrogen (secondary N) is 1. The van der Waals surface area contributed by atoms with E-state index >= 15 is 0 Å². The van der Waals surface area contributed by atoms with Gasteiger partial charge in [-0.15, -0.1) is 0 Å². The Morgan fingerprint density at radius 1 is 1.30 bits per heavy atom. The third-order valence-electron chi connectivity index (χ3n) is 4.56. The summed E-state index contributed by atoms with van der Waals surface area (Å²) in [6.07, 6.45) is 3.37. The number of hydrogen-bond acceptors (Lipinski definition) is 6. The van der Waals surface area contributed by atoms with Crippen molar-refractivity contribution in [2.24, 2.45) is 7.05 Å². The molecule has 0 aliphatic rings. The Kier molecular flexibility index (Phi) is 7.09. The second-order valence-electron chi connectivity index (χ2n) is 6.75. The van der Waals surface area contributed by atoms with Gasteiger partial charge in [0.2, 0.25) is 5.91 Å². The Morgan fingerprint density at radius 3 is 2.83 bits per heavy atom. The smallest absolute Gasteiger partial charge is 0.266 e.